The highest BCUT2D eigenvalue weighted by Crippen LogP contribution is 2.22. The van der Waals surface area contributed by atoms with Crippen molar-refractivity contribution in [1.82, 2.24) is 5.43 Å². The number of carbonyl (C=O) groups is 1. The molecule has 1 heterocycles. The normalized spacial score (nSPS) is 10.9. The number of furan rings is 1. The van der Waals surface area contributed by atoms with Crippen LogP contribution in [0.25, 0.3) is 11.3 Å². The van der Waals surface area contributed by atoms with Crippen molar-refractivity contribution in [3.63, 3.8) is 0 Å². The van der Waals surface area contributed by atoms with Crippen molar-refractivity contribution in [3.05, 3.63) is 77.3 Å². The molecule has 27 heavy (non-hydrogen) atoms. The van der Waals surface area contributed by atoms with Crippen LogP contribution in [0.4, 0.5) is 4.39 Å². The number of hydrogen-bond acceptors (Lipinski definition) is 4. The molecule has 0 saturated heterocycles. The number of hydrogen-bond donors (Lipinski definition) is 1. The van der Waals surface area contributed by atoms with E-state index in [1.807, 2.05) is 32.0 Å². The predicted octanol–water partition coefficient (Wildman–Crippen LogP) is 4.23. The van der Waals surface area contributed by atoms with Crippen LogP contribution in [0.1, 0.15) is 16.9 Å². The summed E-state index contributed by atoms with van der Waals surface area (Å²) in [7, 11) is 0. The van der Waals surface area contributed by atoms with Crippen LogP contribution in [0.15, 0.2) is 64.1 Å². The van der Waals surface area contributed by atoms with Crippen LogP contribution in [0, 0.1) is 19.7 Å². The summed E-state index contributed by atoms with van der Waals surface area (Å²) in [6, 6.07) is 15.1. The molecule has 0 aliphatic rings. The van der Waals surface area contributed by atoms with E-state index < -0.39 is 0 Å². The van der Waals surface area contributed by atoms with Crippen LogP contribution in [-0.4, -0.2) is 18.7 Å². The number of nitrogens with one attached hydrogen (secondary N) is 1. The zero-order valence-electron chi connectivity index (χ0n) is 15.0. The fraction of sp³-hybridized carbons (Fsp3) is 0.143. The molecule has 0 aliphatic heterocycles. The maximum atomic E-state index is 13.0. The number of nitrogens with zero attached hydrogens (tertiary/aromatic N) is 1. The third kappa shape index (κ3) is 4.82. The van der Waals surface area contributed by atoms with Gasteiger partial charge in [-0.2, -0.15) is 5.10 Å². The summed E-state index contributed by atoms with van der Waals surface area (Å²) < 4.78 is 24.1. The van der Waals surface area contributed by atoms with Crippen molar-refractivity contribution in [2.24, 2.45) is 5.10 Å². The minimum atomic E-state index is -0.377. The highest BCUT2D eigenvalue weighted by Gasteiger charge is 2.06. The van der Waals surface area contributed by atoms with E-state index >= 15 is 0 Å². The molecule has 0 fully saturated rings. The number of aryl methyl sites for hydroxylation is 1. The fourth-order valence-corrected chi connectivity index (χ4v) is 2.42. The lowest BCUT2D eigenvalue weighted by Gasteiger charge is -2.09. The lowest BCUT2D eigenvalue weighted by atomic mass is 10.1. The molecule has 1 amide bonds. The number of ether oxygens (including phenoxy) is 1. The van der Waals surface area contributed by atoms with Crippen LogP contribution in [0.2, 0.25) is 0 Å². The summed E-state index contributed by atoms with van der Waals surface area (Å²) in [5.74, 6) is 1.03. The van der Waals surface area contributed by atoms with Gasteiger partial charge < -0.3 is 9.15 Å². The Morgan fingerprint density at radius 3 is 2.70 bits per heavy atom. The van der Waals surface area contributed by atoms with Crippen molar-refractivity contribution < 1.29 is 18.3 Å². The van der Waals surface area contributed by atoms with Gasteiger partial charge in [0.2, 0.25) is 0 Å². The lowest BCUT2D eigenvalue weighted by Crippen LogP contribution is -2.24. The molecule has 5 nitrogen and oxygen atoms in total. The topological polar surface area (TPSA) is 63.8 Å². The van der Waals surface area contributed by atoms with Gasteiger partial charge in [0.05, 0.1) is 6.21 Å². The second-order valence-corrected chi connectivity index (χ2v) is 5.99. The van der Waals surface area contributed by atoms with Gasteiger partial charge in [-0.3, -0.25) is 4.79 Å². The summed E-state index contributed by atoms with van der Waals surface area (Å²) in [5.41, 5.74) is 5.24. The standard InChI is InChI=1S/C21H19FN2O3/c1-14-4-3-5-19(15(14)2)26-13-21(25)24-23-12-18-10-11-20(27-18)16-6-8-17(22)9-7-16/h3-12H,13H2,1-2H3,(H,24,25). The first-order chi connectivity index (χ1) is 13.0. The summed E-state index contributed by atoms with van der Waals surface area (Å²) in [6.07, 6.45) is 1.39. The molecule has 1 N–H and O–H groups in total. The molecule has 3 aromatic rings. The van der Waals surface area contributed by atoms with Gasteiger partial charge in [-0.05, 0) is 67.4 Å². The molecule has 138 valence electrons. The molecule has 0 radical (unpaired) electrons. The molecule has 0 saturated carbocycles. The maximum absolute atomic E-state index is 13.0. The molecular weight excluding hydrogens is 347 g/mol. The van der Waals surface area contributed by atoms with Crippen LogP contribution in [-0.2, 0) is 4.79 Å². The largest absolute Gasteiger partial charge is 0.483 e. The molecule has 0 spiro atoms. The third-order valence-electron chi connectivity index (χ3n) is 4.05. The number of hydrazone groups is 1. The van der Waals surface area contributed by atoms with Gasteiger partial charge in [-0.25, -0.2) is 9.82 Å². The van der Waals surface area contributed by atoms with Gasteiger partial charge in [-0.1, -0.05) is 12.1 Å². The van der Waals surface area contributed by atoms with E-state index in [4.69, 9.17) is 9.15 Å². The lowest BCUT2D eigenvalue weighted by molar-refractivity contribution is -0.123. The number of rotatable bonds is 6. The van der Waals surface area contributed by atoms with Crippen molar-refractivity contribution in [2.45, 2.75) is 13.8 Å². The van der Waals surface area contributed by atoms with Crippen LogP contribution >= 0.6 is 0 Å². The first-order valence-electron chi connectivity index (χ1n) is 8.39. The summed E-state index contributed by atoms with van der Waals surface area (Å²) in [5, 5.41) is 3.86. The zero-order chi connectivity index (χ0) is 19.2. The molecule has 1 aromatic heterocycles. The molecule has 0 atom stereocenters. The van der Waals surface area contributed by atoms with Gasteiger partial charge in [0, 0.05) is 5.56 Å². The minimum absolute atomic E-state index is 0.138. The second-order valence-electron chi connectivity index (χ2n) is 5.99. The average Bonchev–Trinajstić information content (AvgIpc) is 3.12. The van der Waals surface area contributed by atoms with Gasteiger partial charge >= 0.3 is 0 Å². The summed E-state index contributed by atoms with van der Waals surface area (Å²) in [4.78, 5) is 11.8. The number of halogens is 1. The maximum Gasteiger partial charge on any atom is 0.277 e. The Hall–Kier alpha value is -3.41. The fourth-order valence-electron chi connectivity index (χ4n) is 2.42. The highest BCUT2D eigenvalue weighted by atomic mass is 19.1. The Bertz CT molecular complexity index is 962. The van der Waals surface area contributed by atoms with E-state index in [9.17, 15) is 9.18 Å². The summed E-state index contributed by atoms with van der Waals surface area (Å²) in [6.45, 7) is 3.78. The van der Waals surface area contributed by atoms with Gasteiger partial charge in [0.15, 0.2) is 6.61 Å². The average molecular weight is 366 g/mol. The Labute approximate surface area is 156 Å². The van der Waals surface area contributed by atoms with Crippen molar-refractivity contribution in [2.75, 3.05) is 6.61 Å². The Kier molecular flexibility index (Phi) is 5.66. The molecular formula is C21H19FN2O3. The van der Waals surface area contributed by atoms with Gasteiger partial charge in [0.1, 0.15) is 23.1 Å². The third-order valence-corrected chi connectivity index (χ3v) is 4.05. The monoisotopic (exact) mass is 366 g/mol. The molecule has 6 heteroatoms. The van der Waals surface area contributed by atoms with E-state index in [1.54, 1.807) is 24.3 Å². The van der Waals surface area contributed by atoms with Crippen LogP contribution in [0.5, 0.6) is 5.75 Å². The first-order valence-corrected chi connectivity index (χ1v) is 8.39. The van der Waals surface area contributed by atoms with E-state index in [2.05, 4.69) is 10.5 Å². The van der Waals surface area contributed by atoms with E-state index in [0.717, 1.165) is 16.7 Å². The molecule has 2 aromatic carbocycles. The van der Waals surface area contributed by atoms with Gasteiger partial charge in [0.25, 0.3) is 5.91 Å². The minimum Gasteiger partial charge on any atom is -0.483 e. The van der Waals surface area contributed by atoms with Crippen molar-refractivity contribution in [1.29, 1.82) is 0 Å². The molecule has 3 rings (SSSR count). The molecule has 0 aliphatic carbocycles. The number of amides is 1. The zero-order valence-corrected chi connectivity index (χ0v) is 15.0. The van der Waals surface area contributed by atoms with Gasteiger partial charge in [-0.15, -0.1) is 0 Å². The van der Waals surface area contributed by atoms with Crippen LogP contribution in [0.3, 0.4) is 0 Å². The quantitative estimate of drug-likeness (QED) is 0.524. The van der Waals surface area contributed by atoms with Crippen molar-refractivity contribution in [3.8, 4) is 17.1 Å². The predicted molar refractivity (Wildman–Crippen MR) is 101 cm³/mol. The Morgan fingerprint density at radius 1 is 1.15 bits per heavy atom. The molecule has 0 bridgehead atoms. The highest BCUT2D eigenvalue weighted by molar-refractivity contribution is 5.81. The van der Waals surface area contributed by atoms with E-state index in [0.29, 0.717) is 17.3 Å². The summed E-state index contributed by atoms with van der Waals surface area (Å²) >= 11 is 0. The SMILES string of the molecule is Cc1cccc(OCC(=O)NN=Cc2ccc(-c3ccc(F)cc3)o2)c1C. The number of benzene rings is 2. The van der Waals surface area contributed by atoms with E-state index in [-0.39, 0.29) is 18.3 Å². The second kappa shape index (κ2) is 8.31. The Morgan fingerprint density at radius 2 is 1.93 bits per heavy atom. The van der Waals surface area contributed by atoms with E-state index in [1.165, 1.54) is 18.3 Å². The molecule has 0 unspecified atom stereocenters. The first kappa shape index (κ1) is 18.4. The smallest absolute Gasteiger partial charge is 0.277 e. The number of carbonyl (C=O) groups excluding carboxylic acids is 1. The van der Waals surface area contributed by atoms with Crippen LogP contribution < -0.4 is 10.2 Å². The van der Waals surface area contributed by atoms with Crippen molar-refractivity contribution >= 4 is 12.1 Å². The Balaban J connectivity index is 1.52.